The molecule has 0 aromatic heterocycles. The second kappa shape index (κ2) is 10.3. The van der Waals surface area contributed by atoms with Crippen LogP contribution in [0.5, 0.6) is 5.75 Å². The number of carbonyl (C=O) groups excluding carboxylic acids is 1. The summed E-state index contributed by atoms with van der Waals surface area (Å²) in [4.78, 5) is 11.9. The Morgan fingerprint density at radius 1 is 1.20 bits per heavy atom. The van der Waals surface area contributed by atoms with Crippen molar-refractivity contribution in [2.45, 2.75) is 71.6 Å². The van der Waals surface area contributed by atoms with Crippen LogP contribution in [-0.4, -0.2) is 31.4 Å². The summed E-state index contributed by atoms with van der Waals surface area (Å²) in [6.07, 6.45) is 2.88. The van der Waals surface area contributed by atoms with E-state index in [0.717, 1.165) is 25.0 Å². The van der Waals surface area contributed by atoms with Gasteiger partial charge in [-0.1, -0.05) is 31.9 Å². The average molecular weight is 351 g/mol. The predicted octanol–water partition coefficient (Wildman–Crippen LogP) is 4.43. The van der Waals surface area contributed by atoms with Crippen molar-refractivity contribution in [3.05, 3.63) is 29.8 Å². The molecule has 25 heavy (non-hydrogen) atoms. The van der Waals surface area contributed by atoms with Crippen molar-refractivity contribution < 1.29 is 14.3 Å². The fourth-order valence-corrected chi connectivity index (χ4v) is 2.56. The van der Waals surface area contributed by atoms with E-state index in [1.165, 1.54) is 5.56 Å². The molecule has 0 radical (unpaired) electrons. The zero-order valence-corrected chi connectivity index (χ0v) is 16.5. The maximum atomic E-state index is 11.9. The van der Waals surface area contributed by atoms with E-state index in [-0.39, 0.29) is 18.2 Å². The molecule has 1 rings (SSSR count). The second-order valence-electron chi connectivity index (χ2n) is 7.38. The molecule has 5 nitrogen and oxygen atoms in total. The van der Waals surface area contributed by atoms with E-state index in [2.05, 4.69) is 36.6 Å². The van der Waals surface area contributed by atoms with E-state index in [4.69, 9.17) is 9.47 Å². The molecule has 1 aromatic carbocycles. The van der Waals surface area contributed by atoms with Gasteiger partial charge in [0.1, 0.15) is 11.4 Å². The number of nitrogens with one attached hydrogen (secondary N) is 2. The van der Waals surface area contributed by atoms with Crippen LogP contribution in [0.15, 0.2) is 24.3 Å². The van der Waals surface area contributed by atoms with E-state index < -0.39 is 5.60 Å². The van der Waals surface area contributed by atoms with Gasteiger partial charge < -0.3 is 20.1 Å². The van der Waals surface area contributed by atoms with Crippen LogP contribution in [0.25, 0.3) is 0 Å². The Morgan fingerprint density at radius 3 is 2.36 bits per heavy atom. The third-order valence-electron chi connectivity index (χ3n) is 3.90. The SMILES string of the molecule is CCCCC(CNC(=O)OC(C)(C)C)NC(C)c1ccc(OC)cc1. The Balaban J connectivity index is 2.59. The first-order valence-corrected chi connectivity index (χ1v) is 9.12. The fraction of sp³-hybridized carbons (Fsp3) is 0.650. The van der Waals surface area contributed by atoms with Crippen molar-refractivity contribution in [3.63, 3.8) is 0 Å². The van der Waals surface area contributed by atoms with Gasteiger partial charge in [0.2, 0.25) is 0 Å². The van der Waals surface area contributed by atoms with Crippen LogP contribution < -0.4 is 15.4 Å². The van der Waals surface area contributed by atoms with Crippen molar-refractivity contribution in [3.8, 4) is 5.75 Å². The molecule has 0 spiro atoms. The first-order chi connectivity index (χ1) is 11.7. The number of carbonyl (C=O) groups is 1. The van der Waals surface area contributed by atoms with Crippen molar-refractivity contribution in [1.29, 1.82) is 0 Å². The highest BCUT2D eigenvalue weighted by atomic mass is 16.6. The number of methoxy groups -OCH3 is 1. The summed E-state index contributed by atoms with van der Waals surface area (Å²) in [6.45, 7) is 10.5. The highest BCUT2D eigenvalue weighted by Gasteiger charge is 2.18. The highest BCUT2D eigenvalue weighted by Crippen LogP contribution is 2.18. The van der Waals surface area contributed by atoms with Gasteiger partial charge in [0.15, 0.2) is 0 Å². The van der Waals surface area contributed by atoms with Gasteiger partial charge in [-0.25, -0.2) is 4.79 Å². The highest BCUT2D eigenvalue weighted by molar-refractivity contribution is 5.67. The molecule has 0 heterocycles. The van der Waals surface area contributed by atoms with Gasteiger partial charge in [-0.2, -0.15) is 0 Å². The van der Waals surface area contributed by atoms with E-state index >= 15 is 0 Å². The standard InChI is InChI=1S/C20H34N2O3/c1-7-8-9-17(14-21-19(23)25-20(3,4)5)22-15(2)16-10-12-18(24-6)13-11-16/h10-13,15,17,22H,7-9,14H2,1-6H3,(H,21,23). The summed E-state index contributed by atoms with van der Waals surface area (Å²) in [6, 6.07) is 8.45. The molecule has 0 saturated carbocycles. The minimum atomic E-state index is -0.479. The molecule has 2 atom stereocenters. The van der Waals surface area contributed by atoms with Crippen LogP contribution in [0.4, 0.5) is 4.79 Å². The predicted molar refractivity (Wildman–Crippen MR) is 102 cm³/mol. The van der Waals surface area contributed by atoms with Crippen LogP contribution in [-0.2, 0) is 4.74 Å². The normalized spacial score (nSPS) is 13.8. The minimum Gasteiger partial charge on any atom is -0.497 e. The van der Waals surface area contributed by atoms with Gasteiger partial charge >= 0.3 is 6.09 Å². The number of benzene rings is 1. The molecule has 142 valence electrons. The van der Waals surface area contributed by atoms with Crippen LogP contribution >= 0.6 is 0 Å². The Bertz CT molecular complexity index is 509. The molecule has 0 fully saturated rings. The van der Waals surface area contributed by atoms with Crippen molar-refractivity contribution in [2.75, 3.05) is 13.7 Å². The Morgan fingerprint density at radius 2 is 1.84 bits per heavy atom. The maximum absolute atomic E-state index is 11.9. The Hall–Kier alpha value is -1.75. The summed E-state index contributed by atoms with van der Waals surface area (Å²) in [5.74, 6) is 0.852. The average Bonchev–Trinajstić information content (AvgIpc) is 2.55. The number of unbranched alkanes of at least 4 members (excludes halogenated alkanes) is 1. The van der Waals surface area contributed by atoms with Gasteiger partial charge in [0.25, 0.3) is 0 Å². The number of alkyl carbamates (subject to hydrolysis) is 1. The van der Waals surface area contributed by atoms with Crippen LogP contribution in [0.2, 0.25) is 0 Å². The number of ether oxygens (including phenoxy) is 2. The lowest BCUT2D eigenvalue weighted by atomic mass is 10.0. The molecule has 0 aliphatic carbocycles. The first-order valence-electron chi connectivity index (χ1n) is 9.12. The first kappa shape index (κ1) is 21.3. The number of hydrogen-bond acceptors (Lipinski definition) is 4. The van der Waals surface area contributed by atoms with Crippen LogP contribution in [0.1, 0.15) is 65.5 Å². The molecular weight excluding hydrogens is 316 g/mol. The van der Waals surface area contributed by atoms with Crippen LogP contribution in [0.3, 0.4) is 0 Å². The quantitative estimate of drug-likeness (QED) is 0.692. The largest absolute Gasteiger partial charge is 0.497 e. The van der Waals surface area contributed by atoms with Crippen molar-refractivity contribution >= 4 is 6.09 Å². The molecule has 0 bridgehead atoms. The van der Waals surface area contributed by atoms with E-state index in [1.807, 2.05) is 32.9 Å². The van der Waals surface area contributed by atoms with E-state index in [1.54, 1.807) is 7.11 Å². The van der Waals surface area contributed by atoms with Crippen molar-refractivity contribution in [2.24, 2.45) is 0 Å². The van der Waals surface area contributed by atoms with Gasteiger partial charge in [-0.3, -0.25) is 0 Å². The zero-order valence-electron chi connectivity index (χ0n) is 16.5. The molecule has 0 aliphatic rings. The number of hydrogen-bond donors (Lipinski definition) is 2. The number of rotatable bonds is 9. The topological polar surface area (TPSA) is 59.6 Å². The molecule has 5 heteroatoms. The molecule has 0 saturated heterocycles. The second-order valence-corrected chi connectivity index (χ2v) is 7.38. The molecule has 0 aliphatic heterocycles. The lowest BCUT2D eigenvalue weighted by molar-refractivity contribution is 0.0521. The van der Waals surface area contributed by atoms with Gasteiger partial charge in [-0.15, -0.1) is 0 Å². The third kappa shape index (κ3) is 8.77. The summed E-state index contributed by atoms with van der Waals surface area (Å²) in [5.41, 5.74) is 0.715. The summed E-state index contributed by atoms with van der Waals surface area (Å²) in [5, 5.41) is 6.49. The fourth-order valence-electron chi connectivity index (χ4n) is 2.56. The Kier molecular flexibility index (Phi) is 8.76. The van der Waals surface area contributed by atoms with Crippen LogP contribution in [0, 0.1) is 0 Å². The van der Waals surface area contributed by atoms with Crippen molar-refractivity contribution in [1.82, 2.24) is 10.6 Å². The molecule has 2 unspecified atom stereocenters. The zero-order chi connectivity index (χ0) is 18.9. The lowest BCUT2D eigenvalue weighted by Crippen LogP contribution is -2.43. The summed E-state index contributed by atoms with van der Waals surface area (Å²) < 4.78 is 10.5. The summed E-state index contributed by atoms with van der Waals surface area (Å²) >= 11 is 0. The van der Waals surface area contributed by atoms with Gasteiger partial charge in [0, 0.05) is 18.6 Å². The van der Waals surface area contributed by atoms with Gasteiger partial charge in [0.05, 0.1) is 7.11 Å². The van der Waals surface area contributed by atoms with E-state index in [0.29, 0.717) is 6.54 Å². The Labute approximate surface area is 152 Å². The summed E-state index contributed by atoms with van der Waals surface area (Å²) in [7, 11) is 1.67. The van der Waals surface area contributed by atoms with E-state index in [9.17, 15) is 4.79 Å². The third-order valence-corrected chi connectivity index (χ3v) is 3.90. The monoisotopic (exact) mass is 350 g/mol. The molecular formula is C20H34N2O3. The number of amides is 1. The minimum absolute atomic E-state index is 0.188. The van der Waals surface area contributed by atoms with Gasteiger partial charge in [-0.05, 0) is 51.8 Å². The molecule has 1 aromatic rings. The molecule has 1 amide bonds. The maximum Gasteiger partial charge on any atom is 0.407 e. The lowest BCUT2D eigenvalue weighted by Gasteiger charge is -2.25. The molecule has 2 N–H and O–H groups in total. The smallest absolute Gasteiger partial charge is 0.407 e.